The molecule has 1 amide bonds. The second-order valence-corrected chi connectivity index (χ2v) is 4.12. The summed E-state index contributed by atoms with van der Waals surface area (Å²) in [6.45, 7) is 1.71. The first-order valence-electron chi connectivity index (χ1n) is 4.90. The van der Waals surface area contributed by atoms with Gasteiger partial charge in [0.05, 0.1) is 18.4 Å². The number of carbonyl (C=O) groups excluding carboxylic acids is 1. The number of rotatable bonds is 7. The largest absolute Gasteiger partial charge is 0.457 e. The molecule has 0 aliphatic rings. The van der Waals surface area contributed by atoms with E-state index in [-0.39, 0.29) is 5.91 Å². The standard InChI is InChI=1S/C10H13BrClNO3/c11-9-8(2-6-16-9)10(14)13-4-1-5-15-7-3-12/h2,6H,1,3-5,7H2,(H,13,14). The fraction of sp³-hybridized carbons (Fsp3) is 0.500. The van der Waals surface area contributed by atoms with Crippen molar-refractivity contribution in [2.45, 2.75) is 6.42 Å². The second-order valence-electron chi connectivity index (χ2n) is 3.02. The third-order valence-electron chi connectivity index (χ3n) is 1.84. The van der Waals surface area contributed by atoms with E-state index in [1.807, 2.05) is 0 Å². The van der Waals surface area contributed by atoms with Crippen LogP contribution in [0, 0.1) is 0 Å². The number of amides is 1. The van der Waals surface area contributed by atoms with Crippen molar-refractivity contribution in [1.82, 2.24) is 5.32 Å². The zero-order valence-corrected chi connectivity index (χ0v) is 11.0. The Morgan fingerprint density at radius 3 is 3.00 bits per heavy atom. The van der Waals surface area contributed by atoms with Crippen LogP contribution in [0.15, 0.2) is 21.4 Å². The van der Waals surface area contributed by atoms with Crippen LogP contribution in [0.2, 0.25) is 0 Å². The molecular weight excluding hydrogens is 297 g/mol. The average Bonchev–Trinajstić information content (AvgIpc) is 2.69. The third kappa shape index (κ3) is 4.55. The number of carbonyl (C=O) groups is 1. The highest BCUT2D eigenvalue weighted by atomic mass is 79.9. The molecule has 0 bridgehead atoms. The molecule has 0 spiro atoms. The van der Waals surface area contributed by atoms with Gasteiger partial charge in [0, 0.05) is 19.0 Å². The minimum absolute atomic E-state index is 0.155. The van der Waals surface area contributed by atoms with E-state index in [9.17, 15) is 4.79 Å². The van der Waals surface area contributed by atoms with Crippen LogP contribution in [0.1, 0.15) is 16.8 Å². The molecule has 90 valence electrons. The van der Waals surface area contributed by atoms with E-state index in [0.29, 0.717) is 35.9 Å². The molecule has 1 N–H and O–H groups in total. The Hall–Kier alpha value is -0.520. The molecule has 16 heavy (non-hydrogen) atoms. The molecule has 0 aliphatic carbocycles. The van der Waals surface area contributed by atoms with Gasteiger partial charge >= 0.3 is 0 Å². The molecule has 0 atom stereocenters. The summed E-state index contributed by atoms with van der Waals surface area (Å²) in [4.78, 5) is 11.6. The van der Waals surface area contributed by atoms with Crippen LogP contribution < -0.4 is 5.32 Å². The summed E-state index contributed by atoms with van der Waals surface area (Å²) in [6.07, 6.45) is 2.22. The van der Waals surface area contributed by atoms with Crippen LogP contribution in [0.4, 0.5) is 0 Å². The Bertz CT molecular complexity index is 330. The number of halogens is 2. The summed E-state index contributed by atoms with van der Waals surface area (Å²) in [5, 5.41) is 2.76. The number of nitrogens with one attached hydrogen (secondary N) is 1. The van der Waals surface area contributed by atoms with Crippen molar-refractivity contribution >= 4 is 33.4 Å². The normalized spacial score (nSPS) is 10.4. The van der Waals surface area contributed by atoms with Gasteiger partial charge in [0.15, 0.2) is 4.67 Å². The van der Waals surface area contributed by atoms with Crippen molar-refractivity contribution in [1.29, 1.82) is 0 Å². The quantitative estimate of drug-likeness (QED) is 0.621. The fourth-order valence-corrected chi connectivity index (χ4v) is 1.61. The zero-order chi connectivity index (χ0) is 11.8. The predicted molar refractivity (Wildman–Crippen MR) is 64.9 cm³/mol. The molecule has 4 nitrogen and oxygen atoms in total. The topological polar surface area (TPSA) is 51.5 Å². The molecule has 1 heterocycles. The molecular formula is C10H13BrClNO3. The number of alkyl halides is 1. The number of hydrogen-bond acceptors (Lipinski definition) is 3. The highest BCUT2D eigenvalue weighted by Gasteiger charge is 2.11. The van der Waals surface area contributed by atoms with Crippen molar-refractivity contribution < 1.29 is 13.9 Å². The number of ether oxygens (including phenoxy) is 1. The smallest absolute Gasteiger partial charge is 0.255 e. The van der Waals surface area contributed by atoms with Gasteiger partial charge in [-0.2, -0.15) is 0 Å². The lowest BCUT2D eigenvalue weighted by Gasteiger charge is -2.04. The van der Waals surface area contributed by atoms with Crippen molar-refractivity contribution in [3.8, 4) is 0 Å². The molecule has 1 rings (SSSR count). The summed E-state index contributed by atoms with van der Waals surface area (Å²) in [5.41, 5.74) is 0.502. The van der Waals surface area contributed by atoms with E-state index in [0.717, 1.165) is 6.42 Å². The molecule has 0 radical (unpaired) electrons. The number of hydrogen-bond donors (Lipinski definition) is 1. The minimum Gasteiger partial charge on any atom is -0.457 e. The summed E-state index contributed by atoms with van der Waals surface area (Å²) in [7, 11) is 0. The Morgan fingerprint density at radius 2 is 2.38 bits per heavy atom. The van der Waals surface area contributed by atoms with E-state index in [2.05, 4.69) is 21.2 Å². The molecule has 1 aromatic rings. The van der Waals surface area contributed by atoms with Crippen molar-refractivity contribution in [2.75, 3.05) is 25.6 Å². The van der Waals surface area contributed by atoms with Crippen molar-refractivity contribution in [3.63, 3.8) is 0 Å². The highest BCUT2D eigenvalue weighted by Crippen LogP contribution is 2.16. The maximum atomic E-state index is 11.6. The zero-order valence-electron chi connectivity index (χ0n) is 8.67. The molecule has 0 unspecified atom stereocenters. The van der Waals surface area contributed by atoms with Gasteiger partial charge in [-0.05, 0) is 28.4 Å². The molecule has 0 aliphatic heterocycles. The van der Waals surface area contributed by atoms with Gasteiger partial charge in [-0.1, -0.05) is 0 Å². The molecule has 0 saturated heterocycles. The van der Waals surface area contributed by atoms with E-state index in [4.69, 9.17) is 20.8 Å². The maximum Gasteiger partial charge on any atom is 0.255 e. The number of furan rings is 1. The average molecular weight is 311 g/mol. The molecule has 0 fully saturated rings. The second kappa shape index (κ2) is 7.70. The highest BCUT2D eigenvalue weighted by molar-refractivity contribution is 9.10. The Morgan fingerprint density at radius 1 is 1.56 bits per heavy atom. The van der Waals surface area contributed by atoms with Gasteiger partial charge in [-0.3, -0.25) is 4.79 Å². The van der Waals surface area contributed by atoms with Gasteiger partial charge in [-0.25, -0.2) is 0 Å². The summed E-state index contributed by atoms with van der Waals surface area (Å²) in [5.74, 6) is 0.340. The third-order valence-corrected chi connectivity index (χ3v) is 2.60. The molecule has 0 aromatic carbocycles. The van der Waals surface area contributed by atoms with E-state index >= 15 is 0 Å². The minimum atomic E-state index is -0.155. The SMILES string of the molecule is O=C(NCCCOCCCl)c1ccoc1Br. The molecule has 0 saturated carbocycles. The van der Waals surface area contributed by atoms with E-state index in [1.54, 1.807) is 6.07 Å². The van der Waals surface area contributed by atoms with Crippen molar-refractivity contribution in [2.24, 2.45) is 0 Å². The van der Waals surface area contributed by atoms with E-state index < -0.39 is 0 Å². The lowest BCUT2D eigenvalue weighted by Crippen LogP contribution is -2.25. The van der Waals surface area contributed by atoms with Crippen molar-refractivity contribution in [3.05, 3.63) is 22.6 Å². The Kier molecular flexibility index (Phi) is 6.52. The predicted octanol–water partition coefficient (Wildman–Crippen LogP) is 2.42. The van der Waals surface area contributed by atoms with Crippen LogP contribution in [0.5, 0.6) is 0 Å². The van der Waals surface area contributed by atoms with Gasteiger partial charge in [0.2, 0.25) is 0 Å². The van der Waals surface area contributed by atoms with Crippen LogP contribution in [0.25, 0.3) is 0 Å². The molecule has 1 aromatic heterocycles. The molecule has 6 heteroatoms. The van der Waals surface area contributed by atoms with Crippen LogP contribution >= 0.6 is 27.5 Å². The van der Waals surface area contributed by atoms with Gasteiger partial charge in [0.1, 0.15) is 0 Å². The fourth-order valence-electron chi connectivity index (χ4n) is 1.08. The first-order chi connectivity index (χ1) is 7.75. The van der Waals surface area contributed by atoms with E-state index in [1.165, 1.54) is 6.26 Å². The summed E-state index contributed by atoms with van der Waals surface area (Å²) < 4.78 is 10.6. The van der Waals surface area contributed by atoms with Gasteiger partial charge in [0.25, 0.3) is 5.91 Å². The van der Waals surface area contributed by atoms with Crippen LogP contribution in [0.3, 0.4) is 0 Å². The lowest BCUT2D eigenvalue weighted by atomic mass is 10.3. The van der Waals surface area contributed by atoms with Crippen LogP contribution in [-0.4, -0.2) is 31.5 Å². The first kappa shape index (κ1) is 13.5. The first-order valence-corrected chi connectivity index (χ1v) is 6.23. The summed E-state index contributed by atoms with van der Waals surface area (Å²) >= 11 is 8.58. The van der Waals surface area contributed by atoms with Crippen LogP contribution in [-0.2, 0) is 4.74 Å². The Labute approximate surface area is 107 Å². The lowest BCUT2D eigenvalue weighted by molar-refractivity contribution is 0.0943. The van der Waals surface area contributed by atoms with Gasteiger partial charge in [-0.15, -0.1) is 11.6 Å². The maximum absolute atomic E-state index is 11.6. The Balaban J connectivity index is 2.14. The van der Waals surface area contributed by atoms with Gasteiger partial charge < -0.3 is 14.5 Å². The summed E-state index contributed by atoms with van der Waals surface area (Å²) in [6, 6.07) is 1.61. The monoisotopic (exact) mass is 309 g/mol.